The minimum absolute atomic E-state index is 0.0924. The molecule has 9 heteroatoms. The minimum atomic E-state index is -0.571. The Hall–Kier alpha value is -2.71. The molecule has 0 radical (unpaired) electrons. The van der Waals surface area contributed by atoms with Crippen LogP contribution in [0, 0.1) is 0 Å². The van der Waals surface area contributed by atoms with E-state index in [1.165, 1.54) is 12.7 Å². The van der Waals surface area contributed by atoms with Gasteiger partial charge in [0.2, 0.25) is 5.91 Å². The molecule has 0 atom stereocenters. The van der Waals surface area contributed by atoms with E-state index >= 15 is 0 Å². The summed E-state index contributed by atoms with van der Waals surface area (Å²) in [5, 5.41) is 5.14. The summed E-state index contributed by atoms with van der Waals surface area (Å²) >= 11 is 0. The van der Waals surface area contributed by atoms with Gasteiger partial charge in [0.05, 0.1) is 6.33 Å². The van der Waals surface area contributed by atoms with Gasteiger partial charge in [-0.25, -0.2) is 19.7 Å². The van der Waals surface area contributed by atoms with E-state index in [4.69, 9.17) is 4.74 Å². The number of nitrogens with one attached hydrogen (secondary N) is 3. The largest absolute Gasteiger partial charge is 0.444 e. The summed E-state index contributed by atoms with van der Waals surface area (Å²) in [6.45, 7) is 5.46. The highest BCUT2D eigenvalue weighted by atomic mass is 16.6. The van der Waals surface area contributed by atoms with Crippen molar-refractivity contribution in [2.75, 3.05) is 11.9 Å². The van der Waals surface area contributed by atoms with E-state index in [1.807, 2.05) is 0 Å². The van der Waals surface area contributed by atoms with Gasteiger partial charge in [-0.15, -0.1) is 0 Å². The first-order chi connectivity index (χ1) is 10.3. The normalized spacial score (nSPS) is 11.2. The molecule has 2 heterocycles. The number of hydrogen-bond donors (Lipinski definition) is 3. The number of carbonyl (C=O) groups is 2. The fourth-order valence-corrected chi connectivity index (χ4v) is 1.64. The maximum atomic E-state index is 11.8. The lowest BCUT2D eigenvalue weighted by Gasteiger charge is -2.19. The molecule has 0 bridgehead atoms. The molecule has 22 heavy (non-hydrogen) atoms. The van der Waals surface area contributed by atoms with Gasteiger partial charge < -0.3 is 20.4 Å². The Bertz CT molecular complexity index is 676. The Kier molecular flexibility index (Phi) is 4.54. The van der Waals surface area contributed by atoms with Crippen molar-refractivity contribution < 1.29 is 14.3 Å². The van der Waals surface area contributed by atoms with Crippen LogP contribution < -0.4 is 10.6 Å². The number of fused-ring (bicyclic) bond motifs is 1. The van der Waals surface area contributed by atoms with E-state index in [2.05, 4.69) is 30.6 Å². The minimum Gasteiger partial charge on any atom is -0.444 e. The quantitative estimate of drug-likeness (QED) is 0.780. The molecule has 118 valence electrons. The number of H-pyrrole nitrogens is 1. The molecule has 0 saturated carbocycles. The number of rotatable bonds is 4. The lowest BCUT2D eigenvalue weighted by molar-refractivity contribution is -0.116. The third-order valence-corrected chi connectivity index (χ3v) is 2.50. The molecule has 3 N–H and O–H groups in total. The third-order valence-electron chi connectivity index (χ3n) is 2.50. The van der Waals surface area contributed by atoms with Gasteiger partial charge >= 0.3 is 6.09 Å². The number of hydrogen-bond acceptors (Lipinski definition) is 6. The molecule has 9 nitrogen and oxygen atoms in total. The van der Waals surface area contributed by atoms with Crippen LogP contribution in [-0.4, -0.2) is 44.1 Å². The Morgan fingerprint density at radius 3 is 2.77 bits per heavy atom. The molecule has 2 amide bonds. The SMILES string of the molecule is CC(C)(C)OC(=O)NCCC(=O)Nc1ncnc2[nH]cnc12. The Morgan fingerprint density at radius 1 is 1.27 bits per heavy atom. The average Bonchev–Trinajstić information content (AvgIpc) is 2.85. The number of imidazole rings is 1. The highest BCUT2D eigenvalue weighted by Gasteiger charge is 2.16. The van der Waals surface area contributed by atoms with Gasteiger partial charge in [0.1, 0.15) is 11.9 Å². The zero-order chi connectivity index (χ0) is 16.2. The highest BCUT2D eigenvalue weighted by Crippen LogP contribution is 2.14. The van der Waals surface area contributed by atoms with Crippen molar-refractivity contribution in [1.29, 1.82) is 0 Å². The van der Waals surface area contributed by atoms with Gasteiger partial charge in [-0.05, 0) is 20.8 Å². The number of anilines is 1. The van der Waals surface area contributed by atoms with Crippen LogP contribution in [-0.2, 0) is 9.53 Å². The smallest absolute Gasteiger partial charge is 0.407 e. The van der Waals surface area contributed by atoms with Crippen molar-refractivity contribution >= 4 is 29.0 Å². The Labute approximate surface area is 126 Å². The second kappa shape index (κ2) is 6.37. The van der Waals surface area contributed by atoms with Crippen LogP contribution in [0.1, 0.15) is 27.2 Å². The molecule has 2 rings (SSSR count). The van der Waals surface area contributed by atoms with E-state index < -0.39 is 11.7 Å². The number of amides is 2. The number of ether oxygens (including phenoxy) is 1. The molecule has 0 aliphatic heterocycles. The van der Waals surface area contributed by atoms with E-state index in [-0.39, 0.29) is 18.9 Å². The second-order valence-corrected chi connectivity index (χ2v) is 5.55. The maximum Gasteiger partial charge on any atom is 0.407 e. The fourth-order valence-electron chi connectivity index (χ4n) is 1.64. The van der Waals surface area contributed by atoms with E-state index in [1.54, 1.807) is 20.8 Å². The molecular formula is C13H18N6O3. The first-order valence-corrected chi connectivity index (χ1v) is 6.76. The average molecular weight is 306 g/mol. The molecule has 2 aromatic heterocycles. The predicted molar refractivity (Wildman–Crippen MR) is 79.2 cm³/mol. The topological polar surface area (TPSA) is 122 Å². The molecule has 0 aliphatic carbocycles. The summed E-state index contributed by atoms with van der Waals surface area (Å²) in [4.78, 5) is 38.1. The molecular weight excluding hydrogens is 288 g/mol. The summed E-state index contributed by atoms with van der Waals surface area (Å²) in [7, 11) is 0. The number of aromatic amines is 1. The third kappa shape index (κ3) is 4.40. The first-order valence-electron chi connectivity index (χ1n) is 6.76. The van der Waals surface area contributed by atoms with Gasteiger partial charge in [0.15, 0.2) is 17.0 Å². The van der Waals surface area contributed by atoms with Crippen molar-refractivity contribution in [2.45, 2.75) is 32.8 Å². The Balaban J connectivity index is 1.81. The molecule has 0 spiro atoms. The predicted octanol–water partition coefficient (Wildman–Crippen LogP) is 1.21. The van der Waals surface area contributed by atoms with Crippen LogP contribution in [0.2, 0.25) is 0 Å². The summed E-state index contributed by atoms with van der Waals surface area (Å²) in [6, 6.07) is 0. The van der Waals surface area contributed by atoms with Crippen molar-refractivity contribution in [3.05, 3.63) is 12.7 Å². The van der Waals surface area contributed by atoms with Crippen LogP contribution in [0.25, 0.3) is 11.2 Å². The second-order valence-electron chi connectivity index (χ2n) is 5.55. The van der Waals surface area contributed by atoms with Gasteiger partial charge in [0, 0.05) is 13.0 Å². The van der Waals surface area contributed by atoms with Gasteiger partial charge in [-0.2, -0.15) is 0 Å². The van der Waals surface area contributed by atoms with Crippen molar-refractivity contribution in [3.8, 4) is 0 Å². The van der Waals surface area contributed by atoms with Crippen LogP contribution in [0.15, 0.2) is 12.7 Å². The van der Waals surface area contributed by atoms with Crippen molar-refractivity contribution in [1.82, 2.24) is 25.3 Å². The fraction of sp³-hybridized carbons (Fsp3) is 0.462. The van der Waals surface area contributed by atoms with Gasteiger partial charge in [0.25, 0.3) is 0 Å². The van der Waals surface area contributed by atoms with E-state index in [0.29, 0.717) is 17.0 Å². The van der Waals surface area contributed by atoms with Gasteiger partial charge in [-0.3, -0.25) is 4.79 Å². The zero-order valence-corrected chi connectivity index (χ0v) is 12.6. The van der Waals surface area contributed by atoms with E-state index in [9.17, 15) is 9.59 Å². The van der Waals surface area contributed by atoms with Crippen LogP contribution >= 0.6 is 0 Å². The molecule has 2 aromatic rings. The van der Waals surface area contributed by atoms with Crippen molar-refractivity contribution in [3.63, 3.8) is 0 Å². The molecule has 0 unspecified atom stereocenters. The standard InChI is InChI=1S/C13H18N6O3/c1-13(2,3)22-12(21)14-5-4-8(20)19-11-9-10(16-6-15-9)17-7-18-11/h6-7H,4-5H2,1-3H3,(H,14,21)(H2,15,16,17,18,19,20). The first kappa shape index (κ1) is 15.7. The lowest BCUT2D eigenvalue weighted by Crippen LogP contribution is -2.34. The summed E-state index contributed by atoms with van der Waals surface area (Å²) in [5.74, 6) is 0.0348. The number of carbonyl (C=O) groups excluding carboxylic acids is 2. The summed E-state index contributed by atoms with van der Waals surface area (Å²) in [6.07, 6.45) is 2.33. The monoisotopic (exact) mass is 306 g/mol. The number of alkyl carbamates (subject to hydrolysis) is 1. The summed E-state index contributed by atoms with van der Waals surface area (Å²) in [5.41, 5.74) is 0.451. The van der Waals surface area contributed by atoms with Gasteiger partial charge in [-0.1, -0.05) is 0 Å². The number of aromatic nitrogens is 4. The lowest BCUT2D eigenvalue weighted by atomic mass is 10.2. The number of nitrogens with zero attached hydrogens (tertiary/aromatic N) is 3. The maximum absolute atomic E-state index is 11.8. The molecule has 0 saturated heterocycles. The van der Waals surface area contributed by atoms with Crippen LogP contribution in [0.5, 0.6) is 0 Å². The van der Waals surface area contributed by atoms with Crippen molar-refractivity contribution in [2.24, 2.45) is 0 Å². The molecule has 0 fully saturated rings. The highest BCUT2D eigenvalue weighted by molar-refractivity contribution is 5.96. The molecule has 0 aromatic carbocycles. The van der Waals surface area contributed by atoms with Crippen LogP contribution in [0.4, 0.5) is 10.6 Å². The molecule has 0 aliphatic rings. The zero-order valence-electron chi connectivity index (χ0n) is 12.6. The Morgan fingerprint density at radius 2 is 2.05 bits per heavy atom. The summed E-state index contributed by atoms with van der Waals surface area (Å²) < 4.78 is 5.07. The van der Waals surface area contributed by atoms with Crippen LogP contribution in [0.3, 0.4) is 0 Å². The van der Waals surface area contributed by atoms with E-state index in [0.717, 1.165) is 0 Å².